The fraction of sp³-hybridized carbons (Fsp3) is 0.500. The van der Waals surface area contributed by atoms with Gasteiger partial charge in [0.15, 0.2) is 0 Å². The molecule has 38 valence electrons. The zero-order valence-electron chi connectivity index (χ0n) is 2.92. The first-order valence-corrected chi connectivity index (χ1v) is 8.60. The third-order valence-corrected chi connectivity index (χ3v) is 3.61. The van der Waals surface area contributed by atoms with E-state index < -0.39 is 12.3 Å². The molecule has 0 aliphatic heterocycles. The van der Waals surface area contributed by atoms with Gasteiger partial charge in [0.05, 0.1) is 0 Å². The first-order valence-electron chi connectivity index (χ1n) is 1.34. The molecule has 0 radical (unpaired) electrons. The van der Waals surface area contributed by atoms with Crippen LogP contribution < -0.4 is 0 Å². The van der Waals surface area contributed by atoms with Gasteiger partial charge in [-0.3, -0.25) is 0 Å². The Balaban J connectivity index is 3.14. The van der Waals surface area contributed by atoms with E-state index in [1.165, 1.54) is 0 Å². The predicted molar refractivity (Wildman–Crippen MR) is 35.6 cm³/mol. The van der Waals surface area contributed by atoms with Crippen LogP contribution in [0.4, 0.5) is 0 Å². The molecule has 0 aliphatic carbocycles. The van der Waals surface area contributed by atoms with Crippen LogP contribution in [0.1, 0.15) is 0 Å². The molecule has 0 amide bonds. The number of hydrogen-bond acceptors (Lipinski definition) is 0. The van der Waals surface area contributed by atoms with Crippen molar-refractivity contribution >= 4 is 48.6 Å². The van der Waals surface area contributed by atoms with Gasteiger partial charge in [-0.15, -0.1) is 0 Å². The van der Waals surface area contributed by atoms with Crippen molar-refractivity contribution in [1.29, 1.82) is 0 Å². The number of hydrogen-bond donors (Lipinski definition) is 0. The molecule has 0 bridgehead atoms. The Kier molecular flexibility index (Phi) is 5.42. The van der Waals surface area contributed by atoms with E-state index in [0.29, 0.717) is 5.88 Å². The molecule has 0 unspecified atom stereocenters. The van der Waals surface area contributed by atoms with Crippen LogP contribution in [0.15, 0.2) is 0 Å². The Morgan fingerprint density at radius 3 is 2.00 bits per heavy atom. The van der Waals surface area contributed by atoms with Gasteiger partial charge in [-0.2, -0.15) is 0 Å². The summed E-state index contributed by atoms with van der Waals surface area (Å²) >= 11 is 3.52. The molecule has 0 spiro atoms. The van der Waals surface area contributed by atoms with Crippen LogP contribution in [0, 0.1) is 0 Å². The molecule has 0 atom stereocenters. The SMILES string of the molecule is ClCC=[AsH](Cl)Cl. The molecule has 6 heavy (non-hydrogen) atoms. The maximum atomic E-state index is 5.37. The number of halogens is 3. The number of alkyl halides is 1. The van der Waals surface area contributed by atoms with E-state index in [9.17, 15) is 0 Å². The molecule has 0 aliphatic rings. The summed E-state index contributed by atoms with van der Waals surface area (Å²) in [6.07, 6.45) is 0. The molecule has 0 aromatic carbocycles. The Bertz CT molecular complexity index is 55.8. The van der Waals surface area contributed by atoms with Crippen molar-refractivity contribution in [3.63, 3.8) is 0 Å². The first kappa shape index (κ1) is 7.30. The topological polar surface area (TPSA) is 0 Å². The molecule has 0 fully saturated rings. The Labute approximate surface area is 54.5 Å². The molecular formula is C2H4AsCl3. The molecule has 4 heteroatoms. The molecule has 0 N–H and O–H groups in total. The predicted octanol–water partition coefficient (Wildman–Crippen LogP) is 1.31. The van der Waals surface area contributed by atoms with Gasteiger partial charge in [-0.05, 0) is 0 Å². The first-order chi connectivity index (χ1) is 2.77. The van der Waals surface area contributed by atoms with E-state index >= 15 is 0 Å². The summed E-state index contributed by atoms with van der Waals surface area (Å²) in [6, 6.07) is 0. The second-order valence-electron chi connectivity index (χ2n) is 0.648. The quantitative estimate of drug-likeness (QED) is 0.451. The van der Waals surface area contributed by atoms with Crippen LogP contribution in [0.2, 0.25) is 0 Å². The standard InChI is InChI=1S/C2H4AsCl3/c4-2-1-3(5)6/h1,3H,2H2. The molecule has 0 aromatic rings. The van der Waals surface area contributed by atoms with Crippen molar-refractivity contribution in [1.82, 2.24) is 0 Å². The Morgan fingerprint density at radius 1 is 1.50 bits per heavy atom. The minimum absolute atomic E-state index is 0.488. The maximum absolute atomic E-state index is 5.37. The van der Waals surface area contributed by atoms with Gasteiger partial charge < -0.3 is 0 Å². The van der Waals surface area contributed by atoms with Crippen molar-refractivity contribution < 1.29 is 0 Å². The summed E-state index contributed by atoms with van der Waals surface area (Å²) < 4.78 is 0. The zero-order valence-corrected chi connectivity index (χ0v) is 7.28. The molecule has 0 rings (SSSR count). The van der Waals surface area contributed by atoms with E-state index in [-0.39, 0.29) is 0 Å². The molecule has 0 heterocycles. The van der Waals surface area contributed by atoms with Crippen molar-refractivity contribution in [3.8, 4) is 0 Å². The summed E-state index contributed by atoms with van der Waals surface area (Å²) in [5.41, 5.74) is 0. The summed E-state index contributed by atoms with van der Waals surface area (Å²) in [6.45, 7) is 0. The minimum atomic E-state index is -1.70. The van der Waals surface area contributed by atoms with E-state index in [0.717, 1.165) is 0 Å². The zero-order chi connectivity index (χ0) is 4.99. The average Bonchev–Trinajstić information content (AvgIpc) is 1.35. The van der Waals surface area contributed by atoms with Crippen LogP contribution in [0.5, 0.6) is 0 Å². The molecular weight excluding hydrogens is 205 g/mol. The van der Waals surface area contributed by atoms with E-state index in [1.54, 1.807) is 4.81 Å². The Morgan fingerprint density at radius 2 is 2.00 bits per heavy atom. The van der Waals surface area contributed by atoms with Crippen LogP contribution in [-0.2, 0) is 0 Å². The fourth-order valence-electron chi connectivity index (χ4n) is 0.0583. The molecule has 0 nitrogen and oxygen atoms in total. The van der Waals surface area contributed by atoms with Crippen molar-refractivity contribution in [2.45, 2.75) is 0 Å². The fourth-order valence-corrected chi connectivity index (χ4v) is 2.73. The third kappa shape index (κ3) is 5.30. The van der Waals surface area contributed by atoms with Gasteiger partial charge >= 0.3 is 54.5 Å². The third-order valence-electron chi connectivity index (χ3n) is 0.231. The van der Waals surface area contributed by atoms with Crippen LogP contribution >= 0.6 is 31.5 Å². The van der Waals surface area contributed by atoms with Crippen molar-refractivity contribution in [2.24, 2.45) is 0 Å². The van der Waals surface area contributed by atoms with Gasteiger partial charge in [0, 0.05) is 0 Å². The van der Waals surface area contributed by atoms with E-state index in [2.05, 4.69) is 0 Å². The second kappa shape index (κ2) is 4.46. The average molecular weight is 209 g/mol. The second-order valence-corrected chi connectivity index (χ2v) is 8.27. The molecule has 0 saturated carbocycles. The van der Waals surface area contributed by atoms with Crippen LogP contribution in [0.3, 0.4) is 0 Å². The summed E-state index contributed by atoms with van der Waals surface area (Å²) in [4.78, 5) is 1.75. The Hall–Kier alpha value is 1.30. The van der Waals surface area contributed by atoms with Gasteiger partial charge in [-0.1, -0.05) is 0 Å². The van der Waals surface area contributed by atoms with Gasteiger partial charge in [0.25, 0.3) is 0 Å². The summed E-state index contributed by atoms with van der Waals surface area (Å²) in [7, 11) is 10.7. The van der Waals surface area contributed by atoms with Gasteiger partial charge in [0.1, 0.15) is 0 Å². The number of rotatable bonds is 1. The van der Waals surface area contributed by atoms with E-state index in [1.807, 2.05) is 0 Å². The molecule has 0 aromatic heterocycles. The van der Waals surface area contributed by atoms with Crippen molar-refractivity contribution in [2.75, 3.05) is 5.88 Å². The van der Waals surface area contributed by atoms with E-state index in [4.69, 9.17) is 31.5 Å². The molecule has 0 saturated heterocycles. The van der Waals surface area contributed by atoms with Gasteiger partial charge in [-0.25, -0.2) is 0 Å². The van der Waals surface area contributed by atoms with Crippen molar-refractivity contribution in [3.05, 3.63) is 0 Å². The van der Waals surface area contributed by atoms with Crippen LogP contribution in [0.25, 0.3) is 0 Å². The van der Waals surface area contributed by atoms with Gasteiger partial charge in [0.2, 0.25) is 0 Å². The normalized spacial score (nSPS) is 9.33. The summed E-state index contributed by atoms with van der Waals surface area (Å²) in [5.74, 6) is 0.488. The summed E-state index contributed by atoms with van der Waals surface area (Å²) in [5, 5.41) is 0. The van der Waals surface area contributed by atoms with Crippen LogP contribution in [-0.4, -0.2) is 23.0 Å². The monoisotopic (exact) mass is 208 g/mol.